The number of nitrogens with zero attached hydrogens (tertiary/aromatic N) is 1. The van der Waals surface area contributed by atoms with Crippen LogP contribution in [0.2, 0.25) is 0 Å². The molecule has 2 N–H and O–H groups in total. The zero-order valence-electron chi connectivity index (χ0n) is 10.3. The Kier molecular flexibility index (Phi) is 5.43. The Hall–Kier alpha value is -0.930. The van der Waals surface area contributed by atoms with Crippen LogP contribution < -0.4 is 5.73 Å². The molecule has 90 valence electrons. The molecular formula is C13H22N2O. The highest BCUT2D eigenvalue weighted by molar-refractivity contribution is 5.08. The van der Waals surface area contributed by atoms with Gasteiger partial charge >= 0.3 is 0 Å². The largest absolute Gasteiger partial charge is 0.379 e. The van der Waals surface area contributed by atoms with Crippen molar-refractivity contribution < 1.29 is 4.74 Å². The molecule has 0 atom stereocenters. The average Bonchev–Trinajstić information content (AvgIpc) is 2.36. The molecule has 3 heteroatoms. The van der Waals surface area contributed by atoms with Gasteiger partial charge < -0.3 is 10.5 Å². The summed E-state index contributed by atoms with van der Waals surface area (Å²) >= 11 is 0. The number of nitrogens with two attached hydrogens (primary N) is 1. The number of rotatable bonds is 7. The van der Waals surface area contributed by atoms with Gasteiger partial charge in [-0.05, 0) is 30.9 Å². The van der Waals surface area contributed by atoms with Crippen molar-refractivity contribution in [1.82, 2.24) is 4.98 Å². The van der Waals surface area contributed by atoms with Crippen molar-refractivity contribution in [3.63, 3.8) is 0 Å². The fraction of sp³-hybridized carbons (Fsp3) is 0.615. The van der Waals surface area contributed by atoms with E-state index < -0.39 is 0 Å². The Bertz CT molecular complexity index is 283. The van der Waals surface area contributed by atoms with Crippen molar-refractivity contribution in [3.05, 3.63) is 30.1 Å². The molecule has 0 bridgehead atoms. The molecule has 0 saturated heterocycles. The summed E-state index contributed by atoms with van der Waals surface area (Å²) in [6.07, 6.45) is 6.46. The van der Waals surface area contributed by atoms with Gasteiger partial charge in [0.15, 0.2) is 0 Å². The molecule has 1 rings (SSSR count). The van der Waals surface area contributed by atoms with E-state index in [0.29, 0.717) is 13.2 Å². The molecule has 0 aromatic carbocycles. The SMILES string of the molecule is CCC(N)(CC)COCCc1cccnc1. The first-order chi connectivity index (χ1) is 7.70. The second kappa shape index (κ2) is 6.61. The van der Waals surface area contributed by atoms with Crippen molar-refractivity contribution in [3.8, 4) is 0 Å². The number of ether oxygens (including phenoxy) is 1. The van der Waals surface area contributed by atoms with Crippen molar-refractivity contribution in [2.75, 3.05) is 13.2 Å². The van der Waals surface area contributed by atoms with Crippen molar-refractivity contribution in [1.29, 1.82) is 0 Å². The topological polar surface area (TPSA) is 48.1 Å². The first-order valence-corrected chi connectivity index (χ1v) is 5.95. The molecule has 0 aliphatic rings. The van der Waals surface area contributed by atoms with Gasteiger partial charge in [-0.3, -0.25) is 4.98 Å². The Balaban J connectivity index is 2.22. The minimum atomic E-state index is -0.158. The quantitative estimate of drug-likeness (QED) is 0.719. The molecule has 0 saturated carbocycles. The highest BCUT2D eigenvalue weighted by Gasteiger charge is 2.19. The lowest BCUT2D eigenvalue weighted by atomic mass is 9.96. The molecule has 0 unspecified atom stereocenters. The predicted molar refractivity (Wildman–Crippen MR) is 66.3 cm³/mol. The van der Waals surface area contributed by atoms with Gasteiger partial charge in [-0.1, -0.05) is 19.9 Å². The second-order valence-electron chi connectivity index (χ2n) is 4.23. The lowest BCUT2D eigenvalue weighted by Crippen LogP contribution is -2.43. The third-order valence-electron chi connectivity index (χ3n) is 3.06. The summed E-state index contributed by atoms with van der Waals surface area (Å²) in [6.45, 7) is 5.56. The highest BCUT2D eigenvalue weighted by Crippen LogP contribution is 2.11. The summed E-state index contributed by atoms with van der Waals surface area (Å²) in [4.78, 5) is 4.06. The predicted octanol–water partition coefficient (Wildman–Crippen LogP) is 2.16. The van der Waals surface area contributed by atoms with E-state index in [4.69, 9.17) is 10.5 Å². The van der Waals surface area contributed by atoms with Gasteiger partial charge in [-0.15, -0.1) is 0 Å². The highest BCUT2D eigenvalue weighted by atomic mass is 16.5. The Morgan fingerprint density at radius 1 is 1.38 bits per heavy atom. The lowest BCUT2D eigenvalue weighted by molar-refractivity contribution is 0.0831. The monoisotopic (exact) mass is 222 g/mol. The van der Waals surface area contributed by atoms with Gasteiger partial charge in [0.1, 0.15) is 0 Å². The van der Waals surface area contributed by atoms with Crippen molar-refractivity contribution in [2.45, 2.75) is 38.6 Å². The summed E-state index contributed by atoms with van der Waals surface area (Å²) in [7, 11) is 0. The van der Waals surface area contributed by atoms with Crippen LogP contribution >= 0.6 is 0 Å². The van der Waals surface area contributed by atoms with E-state index in [1.165, 1.54) is 5.56 Å². The molecule has 0 aliphatic carbocycles. The van der Waals surface area contributed by atoms with E-state index in [-0.39, 0.29) is 5.54 Å². The van der Waals surface area contributed by atoms with Gasteiger partial charge in [0.25, 0.3) is 0 Å². The van der Waals surface area contributed by atoms with E-state index in [1.807, 2.05) is 12.3 Å². The normalized spacial score (nSPS) is 11.7. The van der Waals surface area contributed by atoms with Gasteiger partial charge in [0, 0.05) is 17.9 Å². The third kappa shape index (κ3) is 4.29. The van der Waals surface area contributed by atoms with E-state index in [0.717, 1.165) is 19.3 Å². The lowest BCUT2D eigenvalue weighted by Gasteiger charge is -2.26. The fourth-order valence-electron chi connectivity index (χ4n) is 1.47. The van der Waals surface area contributed by atoms with Crippen LogP contribution in [0, 0.1) is 0 Å². The minimum absolute atomic E-state index is 0.158. The molecule has 1 aromatic heterocycles. The van der Waals surface area contributed by atoms with E-state index >= 15 is 0 Å². The van der Waals surface area contributed by atoms with Gasteiger partial charge in [-0.25, -0.2) is 0 Å². The van der Waals surface area contributed by atoms with Crippen LogP contribution in [0.15, 0.2) is 24.5 Å². The third-order valence-corrected chi connectivity index (χ3v) is 3.06. The molecule has 0 amide bonds. The van der Waals surface area contributed by atoms with Crippen molar-refractivity contribution in [2.24, 2.45) is 5.73 Å². The van der Waals surface area contributed by atoms with Crippen LogP contribution in [0.1, 0.15) is 32.3 Å². The Morgan fingerprint density at radius 2 is 2.12 bits per heavy atom. The first-order valence-electron chi connectivity index (χ1n) is 5.95. The summed E-state index contributed by atoms with van der Waals surface area (Å²) in [5, 5.41) is 0. The zero-order chi connectivity index (χ0) is 11.9. The van der Waals surface area contributed by atoms with Crippen LogP contribution in [0.25, 0.3) is 0 Å². The van der Waals surface area contributed by atoms with Gasteiger partial charge in [0.2, 0.25) is 0 Å². The van der Waals surface area contributed by atoms with Gasteiger partial charge in [-0.2, -0.15) is 0 Å². The standard InChI is InChI=1S/C13H22N2O/c1-3-13(14,4-2)11-16-9-7-12-6-5-8-15-10-12/h5-6,8,10H,3-4,7,9,11,14H2,1-2H3. The van der Waals surface area contributed by atoms with Gasteiger partial charge in [0.05, 0.1) is 13.2 Å². The minimum Gasteiger partial charge on any atom is -0.379 e. The van der Waals surface area contributed by atoms with E-state index in [1.54, 1.807) is 6.20 Å². The van der Waals surface area contributed by atoms with E-state index in [2.05, 4.69) is 24.9 Å². The van der Waals surface area contributed by atoms with Crippen molar-refractivity contribution >= 4 is 0 Å². The van der Waals surface area contributed by atoms with E-state index in [9.17, 15) is 0 Å². The molecule has 0 fully saturated rings. The van der Waals surface area contributed by atoms with Crippen LogP contribution in [-0.2, 0) is 11.2 Å². The fourth-order valence-corrected chi connectivity index (χ4v) is 1.47. The summed E-state index contributed by atoms with van der Waals surface area (Å²) in [5.74, 6) is 0. The summed E-state index contributed by atoms with van der Waals surface area (Å²) < 4.78 is 5.63. The van der Waals surface area contributed by atoms with Crippen LogP contribution in [0.3, 0.4) is 0 Å². The Morgan fingerprint density at radius 3 is 2.69 bits per heavy atom. The number of pyridine rings is 1. The van der Waals surface area contributed by atoms with Crippen LogP contribution in [0.4, 0.5) is 0 Å². The molecule has 0 spiro atoms. The molecular weight excluding hydrogens is 200 g/mol. The molecule has 1 heterocycles. The second-order valence-corrected chi connectivity index (χ2v) is 4.23. The number of hydrogen-bond acceptors (Lipinski definition) is 3. The average molecular weight is 222 g/mol. The number of hydrogen-bond donors (Lipinski definition) is 1. The molecule has 0 radical (unpaired) electrons. The molecule has 0 aliphatic heterocycles. The summed E-state index contributed by atoms with van der Waals surface area (Å²) in [5.41, 5.74) is 7.19. The first kappa shape index (κ1) is 13.1. The summed E-state index contributed by atoms with van der Waals surface area (Å²) in [6, 6.07) is 4.01. The Labute approximate surface area is 98.0 Å². The maximum Gasteiger partial charge on any atom is 0.0646 e. The maximum atomic E-state index is 6.14. The smallest absolute Gasteiger partial charge is 0.0646 e. The van der Waals surface area contributed by atoms with Crippen LogP contribution in [0.5, 0.6) is 0 Å². The molecule has 3 nitrogen and oxygen atoms in total. The molecule has 1 aromatic rings. The maximum absolute atomic E-state index is 6.14. The molecule has 16 heavy (non-hydrogen) atoms. The van der Waals surface area contributed by atoms with Crippen LogP contribution in [-0.4, -0.2) is 23.7 Å². The number of aromatic nitrogens is 1. The zero-order valence-corrected chi connectivity index (χ0v) is 10.3.